The fraction of sp³-hybridized carbons (Fsp3) is 0.312. The van der Waals surface area contributed by atoms with Gasteiger partial charge in [-0.25, -0.2) is 0 Å². The number of para-hydroxylation sites is 2. The van der Waals surface area contributed by atoms with E-state index in [9.17, 15) is 9.59 Å². The van der Waals surface area contributed by atoms with Crippen LogP contribution in [0.2, 0.25) is 0 Å². The minimum atomic E-state index is -0.599. The summed E-state index contributed by atoms with van der Waals surface area (Å²) in [5, 5.41) is 1.08. The lowest BCUT2D eigenvalue weighted by molar-refractivity contribution is -0.158. The molecule has 1 fully saturated rings. The summed E-state index contributed by atoms with van der Waals surface area (Å²) in [5.74, 6) is 1.91. The molecule has 1 N–H and O–H groups in total. The van der Waals surface area contributed by atoms with Gasteiger partial charge in [0.2, 0.25) is 11.8 Å². The molecule has 2 aliphatic rings. The van der Waals surface area contributed by atoms with Crippen molar-refractivity contribution in [3.8, 4) is 17.2 Å². The molecule has 3 heterocycles. The third kappa shape index (κ3) is 4.33. The molecule has 8 heteroatoms. The number of carbonyl (C=O) groups is 2. The summed E-state index contributed by atoms with van der Waals surface area (Å²) in [7, 11) is 3.20. The summed E-state index contributed by atoms with van der Waals surface area (Å²) in [5.41, 5.74) is 4.91. The average Bonchev–Trinajstić information content (AvgIpc) is 3.36. The van der Waals surface area contributed by atoms with Crippen molar-refractivity contribution >= 4 is 22.7 Å². The standard InChI is InChI=1S/C32H33N3O5/c1-4-40-26-12-8-6-10-22(26)31-30-23(21-9-5-7-11-24(21)33-30)18-25-32(37)34(19-29(36)35(25)31)16-15-20-13-14-27(38-2)28(17-20)39-3/h5-14,17,25,31,33H,4,15-16,18-19H2,1-3H3/t25-,31+/m0/s1. The Labute approximate surface area is 233 Å². The molecule has 0 saturated carbocycles. The second-order valence-corrected chi connectivity index (χ2v) is 10.2. The van der Waals surface area contributed by atoms with E-state index < -0.39 is 12.1 Å². The minimum absolute atomic E-state index is 0.0325. The van der Waals surface area contributed by atoms with Crippen molar-refractivity contribution in [2.75, 3.05) is 33.9 Å². The van der Waals surface area contributed by atoms with Crippen molar-refractivity contribution in [1.29, 1.82) is 0 Å². The first-order chi connectivity index (χ1) is 19.5. The largest absolute Gasteiger partial charge is 0.494 e. The van der Waals surface area contributed by atoms with Crippen molar-refractivity contribution in [3.63, 3.8) is 0 Å². The fourth-order valence-corrected chi connectivity index (χ4v) is 6.13. The van der Waals surface area contributed by atoms with E-state index in [4.69, 9.17) is 14.2 Å². The van der Waals surface area contributed by atoms with Gasteiger partial charge in [0, 0.05) is 35.1 Å². The highest BCUT2D eigenvalue weighted by molar-refractivity contribution is 5.97. The zero-order chi connectivity index (χ0) is 27.8. The SMILES string of the molecule is CCOc1ccccc1[C@@H]1c2[nH]c3ccccc3c2C[C@H]2C(=O)N(CCc3ccc(OC)c(OC)c3)CC(=O)N12. The van der Waals surface area contributed by atoms with Crippen molar-refractivity contribution in [3.05, 3.63) is 89.1 Å². The number of fused-ring (bicyclic) bond motifs is 4. The number of aromatic amines is 1. The summed E-state index contributed by atoms with van der Waals surface area (Å²) in [6, 6.07) is 20.6. The van der Waals surface area contributed by atoms with Gasteiger partial charge >= 0.3 is 0 Å². The molecule has 2 amide bonds. The van der Waals surface area contributed by atoms with E-state index in [0.29, 0.717) is 37.5 Å². The van der Waals surface area contributed by atoms with Gasteiger partial charge in [0.25, 0.3) is 0 Å². The highest BCUT2D eigenvalue weighted by Crippen LogP contribution is 2.45. The van der Waals surface area contributed by atoms with Gasteiger partial charge in [-0.05, 0) is 48.7 Å². The second-order valence-electron chi connectivity index (χ2n) is 10.2. The average molecular weight is 540 g/mol. The first-order valence-corrected chi connectivity index (χ1v) is 13.7. The minimum Gasteiger partial charge on any atom is -0.494 e. The highest BCUT2D eigenvalue weighted by Gasteiger charge is 2.48. The monoisotopic (exact) mass is 539 g/mol. The number of nitrogens with one attached hydrogen (secondary N) is 1. The number of amides is 2. The molecule has 1 saturated heterocycles. The first kappa shape index (κ1) is 25.8. The molecule has 1 aromatic heterocycles. The number of piperazine rings is 1. The Morgan fingerprint density at radius 2 is 1.70 bits per heavy atom. The molecule has 0 aliphatic carbocycles. The third-order valence-electron chi connectivity index (χ3n) is 7.97. The van der Waals surface area contributed by atoms with Crippen LogP contribution in [0.25, 0.3) is 10.9 Å². The lowest BCUT2D eigenvalue weighted by Gasteiger charge is -2.47. The molecule has 4 aromatic rings. The molecular formula is C32H33N3O5. The third-order valence-corrected chi connectivity index (χ3v) is 7.97. The second kappa shape index (κ2) is 10.6. The maximum absolute atomic E-state index is 14.1. The highest BCUT2D eigenvalue weighted by atomic mass is 16.5. The van der Waals surface area contributed by atoms with Gasteiger partial charge in [-0.3, -0.25) is 9.59 Å². The molecule has 206 valence electrons. The predicted molar refractivity (Wildman–Crippen MR) is 152 cm³/mol. The lowest BCUT2D eigenvalue weighted by atomic mass is 9.86. The number of nitrogens with zero attached hydrogens (tertiary/aromatic N) is 2. The van der Waals surface area contributed by atoms with E-state index in [1.807, 2.05) is 67.6 Å². The number of rotatable bonds is 8. The molecule has 0 radical (unpaired) electrons. The van der Waals surface area contributed by atoms with Gasteiger partial charge in [0.05, 0.1) is 27.4 Å². The van der Waals surface area contributed by atoms with Crippen LogP contribution in [0.5, 0.6) is 17.2 Å². The summed E-state index contributed by atoms with van der Waals surface area (Å²) < 4.78 is 16.8. The summed E-state index contributed by atoms with van der Waals surface area (Å²) in [6.45, 7) is 2.92. The Morgan fingerprint density at radius 1 is 0.925 bits per heavy atom. The van der Waals surface area contributed by atoms with Gasteiger partial charge in [-0.1, -0.05) is 42.5 Å². The Morgan fingerprint density at radius 3 is 2.50 bits per heavy atom. The number of methoxy groups -OCH3 is 2. The Balaban J connectivity index is 1.36. The number of benzene rings is 3. The number of H-pyrrole nitrogens is 1. The Kier molecular flexibility index (Phi) is 6.84. The van der Waals surface area contributed by atoms with Gasteiger partial charge in [0.15, 0.2) is 11.5 Å². The van der Waals surface area contributed by atoms with Gasteiger partial charge in [-0.15, -0.1) is 0 Å². The van der Waals surface area contributed by atoms with Crippen LogP contribution >= 0.6 is 0 Å². The molecule has 8 nitrogen and oxygen atoms in total. The maximum Gasteiger partial charge on any atom is 0.246 e. The Bertz CT molecular complexity index is 1580. The summed E-state index contributed by atoms with van der Waals surface area (Å²) >= 11 is 0. The molecule has 40 heavy (non-hydrogen) atoms. The summed E-state index contributed by atoms with van der Waals surface area (Å²) in [6.07, 6.45) is 1.06. The van der Waals surface area contributed by atoms with E-state index in [-0.39, 0.29) is 18.4 Å². The molecular weight excluding hydrogens is 506 g/mol. The smallest absolute Gasteiger partial charge is 0.246 e. The topological polar surface area (TPSA) is 84.1 Å². The molecule has 2 aliphatic heterocycles. The fourth-order valence-electron chi connectivity index (χ4n) is 6.13. The molecule has 2 atom stereocenters. The van der Waals surface area contributed by atoms with Crippen LogP contribution in [0.3, 0.4) is 0 Å². The van der Waals surface area contributed by atoms with Crippen molar-refractivity contribution in [1.82, 2.24) is 14.8 Å². The van der Waals surface area contributed by atoms with Crippen LogP contribution in [0.1, 0.15) is 35.3 Å². The zero-order valence-corrected chi connectivity index (χ0v) is 23.0. The predicted octanol–water partition coefficient (Wildman–Crippen LogP) is 4.51. The molecule has 6 rings (SSSR count). The maximum atomic E-state index is 14.1. The number of hydrogen-bond donors (Lipinski definition) is 1. The molecule has 0 spiro atoms. The van der Waals surface area contributed by atoms with Crippen LogP contribution in [-0.4, -0.2) is 66.6 Å². The number of hydrogen-bond acceptors (Lipinski definition) is 5. The Hall–Kier alpha value is -4.46. The quantitative estimate of drug-likeness (QED) is 0.356. The van der Waals surface area contributed by atoms with Crippen LogP contribution in [0, 0.1) is 0 Å². The normalized spacial score (nSPS) is 18.5. The van der Waals surface area contributed by atoms with Gasteiger partial charge in [-0.2, -0.15) is 0 Å². The van der Waals surface area contributed by atoms with E-state index in [0.717, 1.165) is 39.0 Å². The van der Waals surface area contributed by atoms with Crippen LogP contribution in [0.4, 0.5) is 0 Å². The van der Waals surface area contributed by atoms with E-state index in [1.54, 1.807) is 24.0 Å². The number of ether oxygens (including phenoxy) is 3. The van der Waals surface area contributed by atoms with Gasteiger partial charge in [0.1, 0.15) is 17.8 Å². The van der Waals surface area contributed by atoms with Crippen LogP contribution < -0.4 is 14.2 Å². The lowest BCUT2D eigenvalue weighted by Crippen LogP contribution is -2.63. The van der Waals surface area contributed by atoms with Gasteiger partial charge < -0.3 is 29.0 Å². The van der Waals surface area contributed by atoms with Crippen LogP contribution in [-0.2, 0) is 22.4 Å². The van der Waals surface area contributed by atoms with E-state index >= 15 is 0 Å². The zero-order valence-electron chi connectivity index (χ0n) is 23.0. The van der Waals surface area contributed by atoms with Crippen molar-refractivity contribution in [2.24, 2.45) is 0 Å². The molecule has 0 unspecified atom stereocenters. The van der Waals surface area contributed by atoms with E-state index in [1.165, 1.54) is 0 Å². The first-order valence-electron chi connectivity index (χ1n) is 13.7. The van der Waals surface area contributed by atoms with Crippen molar-refractivity contribution in [2.45, 2.75) is 31.8 Å². The van der Waals surface area contributed by atoms with Crippen LogP contribution in [0.15, 0.2) is 66.7 Å². The number of aromatic nitrogens is 1. The van der Waals surface area contributed by atoms with Crippen molar-refractivity contribution < 1.29 is 23.8 Å². The number of carbonyl (C=O) groups excluding carboxylic acids is 2. The summed E-state index contributed by atoms with van der Waals surface area (Å²) in [4.78, 5) is 35.0. The molecule has 3 aromatic carbocycles. The van der Waals surface area contributed by atoms with E-state index in [2.05, 4.69) is 11.1 Å². The molecule has 0 bridgehead atoms.